The molecule has 2 amide bonds. The SMILES string of the molecule is CN=CN=C(N)NC(=O)N1C[C@H]2CC(N(C)c3ncnc4[nH]ccc34)C[C@H]2C1. The molecule has 1 aliphatic heterocycles. The van der Waals surface area contributed by atoms with Crippen LogP contribution in [0.3, 0.4) is 0 Å². The third-order valence-corrected chi connectivity index (χ3v) is 5.78. The van der Waals surface area contributed by atoms with Crippen LogP contribution in [-0.4, -0.2) is 71.4 Å². The van der Waals surface area contributed by atoms with E-state index >= 15 is 0 Å². The van der Waals surface area contributed by atoms with Crippen LogP contribution >= 0.6 is 0 Å². The van der Waals surface area contributed by atoms with Gasteiger partial charge in [0.25, 0.3) is 0 Å². The smallest absolute Gasteiger partial charge is 0.324 e. The number of aromatic nitrogens is 3. The first kappa shape index (κ1) is 18.2. The molecule has 10 heteroatoms. The molecule has 0 spiro atoms. The molecule has 1 unspecified atom stereocenters. The topological polar surface area (TPSA) is 128 Å². The molecule has 148 valence electrons. The van der Waals surface area contributed by atoms with Crippen LogP contribution in [0.4, 0.5) is 10.6 Å². The number of nitrogens with two attached hydrogens (primary N) is 1. The number of fused-ring (bicyclic) bond motifs is 2. The average molecular weight is 383 g/mol. The maximum absolute atomic E-state index is 12.4. The van der Waals surface area contributed by atoms with Crippen LogP contribution in [0.1, 0.15) is 12.8 Å². The van der Waals surface area contributed by atoms with Crippen LogP contribution in [0.5, 0.6) is 0 Å². The largest absolute Gasteiger partial charge is 0.369 e. The second-order valence-electron chi connectivity index (χ2n) is 7.42. The standard InChI is InChI=1S/C18H25N9O/c1-20-9-24-17(19)25-18(28)27-7-11-5-13(6-12(11)8-27)26(2)16-14-3-4-21-15(14)22-10-23-16/h3-4,9-13H,5-8H2,1-2H3,(H,21,22,23)(H3,19,20,24,25,28)/t11-,12+,13?. The zero-order valence-corrected chi connectivity index (χ0v) is 16.0. The van der Waals surface area contributed by atoms with Crippen molar-refractivity contribution >= 4 is 35.2 Å². The number of amides is 2. The third-order valence-electron chi connectivity index (χ3n) is 5.78. The molecule has 3 heterocycles. The summed E-state index contributed by atoms with van der Waals surface area (Å²) in [7, 11) is 3.69. The van der Waals surface area contributed by atoms with E-state index in [-0.39, 0.29) is 12.0 Å². The van der Waals surface area contributed by atoms with E-state index in [0.29, 0.717) is 17.9 Å². The molecule has 0 radical (unpaired) electrons. The molecule has 1 saturated carbocycles. The molecule has 0 bridgehead atoms. The number of rotatable bonds is 3. The first-order chi connectivity index (χ1) is 13.6. The molecular weight excluding hydrogens is 358 g/mol. The Bertz CT molecular complexity index is 907. The number of urea groups is 1. The highest BCUT2D eigenvalue weighted by atomic mass is 16.2. The Morgan fingerprint density at radius 3 is 2.86 bits per heavy atom. The Morgan fingerprint density at radius 1 is 1.39 bits per heavy atom. The number of hydrogen-bond donors (Lipinski definition) is 3. The normalized spacial score (nSPS) is 24.9. The number of nitrogens with zero attached hydrogens (tertiary/aromatic N) is 6. The first-order valence-electron chi connectivity index (χ1n) is 9.37. The molecule has 0 aromatic carbocycles. The number of carbonyl (C=O) groups excluding carboxylic acids is 1. The highest BCUT2D eigenvalue weighted by Gasteiger charge is 2.44. The van der Waals surface area contributed by atoms with Crippen LogP contribution in [0.2, 0.25) is 0 Å². The van der Waals surface area contributed by atoms with Crippen molar-refractivity contribution in [2.75, 3.05) is 32.1 Å². The van der Waals surface area contributed by atoms with Gasteiger partial charge in [-0.05, 0) is 30.7 Å². The minimum absolute atomic E-state index is 0.0598. The van der Waals surface area contributed by atoms with Crippen molar-refractivity contribution in [3.05, 3.63) is 18.6 Å². The molecule has 28 heavy (non-hydrogen) atoms. The highest BCUT2D eigenvalue weighted by Crippen LogP contribution is 2.41. The Hall–Kier alpha value is -3.17. The van der Waals surface area contributed by atoms with Crippen molar-refractivity contribution < 1.29 is 4.79 Å². The first-order valence-corrected chi connectivity index (χ1v) is 9.37. The van der Waals surface area contributed by atoms with Gasteiger partial charge in [0.15, 0.2) is 0 Å². The lowest BCUT2D eigenvalue weighted by atomic mass is 10.0. The summed E-state index contributed by atoms with van der Waals surface area (Å²) < 4.78 is 0. The van der Waals surface area contributed by atoms with E-state index < -0.39 is 0 Å². The number of nitrogens with one attached hydrogen (secondary N) is 2. The number of aromatic amines is 1. The van der Waals surface area contributed by atoms with Gasteiger partial charge in [0, 0.05) is 39.4 Å². The van der Waals surface area contributed by atoms with E-state index in [0.717, 1.165) is 42.8 Å². The van der Waals surface area contributed by atoms with Crippen LogP contribution in [0.15, 0.2) is 28.6 Å². The van der Waals surface area contributed by atoms with E-state index in [9.17, 15) is 4.79 Å². The van der Waals surface area contributed by atoms with Gasteiger partial charge in [0.1, 0.15) is 24.1 Å². The van der Waals surface area contributed by atoms with Gasteiger partial charge in [-0.1, -0.05) is 0 Å². The highest BCUT2D eigenvalue weighted by molar-refractivity contribution is 5.98. The fraction of sp³-hybridized carbons (Fsp3) is 0.500. The number of guanidine groups is 1. The lowest BCUT2D eigenvalue weighted by Crippen LogP contribution is -2.45. The summed E-state index contributed by atoms with van der Waals surface area (Å²) in [5.41, 5.74) is 6.54. The minimum Gasteiger partial charge on any atom is -0.369 e. The van der Waals surface area contributed by atoms with Crippen molar-refractivity contribution in [2.45, 2.75) is 18.9 Å². The van der Waals surface area contributed by atoms with Crippen LogP contribution in [0, 0.1) is 11.8 Å². The van der Waals surface area contributed by atoms with Crippen molar-refractivity contribution in [3.8, 4) is 0 Å². The Morgan fingerprint density at radius 2 is 2.14 bits per heavy atom. The lowest BCUT2D eigenvalue weighted by Gasteiger charge is -2.28. The van der Waals surface area contributed by atoms with E-state index in [2.05, 4.69) is 42.2 Å². The maximum Gasteiger partial charge on any atom is 0.324 e. The Labute approximate surface area is 162 Å². The van der Waals surface area contributed by atoms with Crippen molar-refractivity contribution in [1.29, 1.82) is 0 Å². The molecule has 3 atom stereocenters. The second kappa shape index (κ2) is 7.45. The predicted molar refractivity (Wildman–Crippen MR) is 108 cm³/mol. The summed E-state index contributed by atoms with van der Waals surface area (Å²) in [4.78, 5) is 35.9. The molecule has 4 N–H and O–H groups in total. The van der Waals surface area contributed by atoms with Crippen molar-refractivity contribution in [3.63, 3.8) is 0 Å². The predicted octanol–water partition coefficient (Wildman–Crippen LogP) is 0.787. The third kappa shape index (κ3) is 3.37. The molecule has 2 aromatic rings. The average Bonchev–Trinajstić information content (AvgIpc) is 3.39. The van der Waals surface area contributed by atoms with Crippen molar-refractivity contribution in [1.82, 2.24) is 25.2 Å². The van der Waals surface area contributed by atoms with E-state index in [1.54, 1.807) is 13.4 Å². The number of likely N-dealkylation sites (tertiary alicyclic amines) is 1. The van der Waals surface area contributed by atoms with E-state index in [1.165, 1.54) is 6.34 Å². The van der Waals surface area contributed by atoms with Gasteiger partial charge in [0.2, 0.25) is 5.96 Å². The molecule has 2 aromatic heterocycles. The van der Waals surface area contributed by atoms with E-state index in [1.807, 2.05) is 17.2 Å². The van der Waals surface area contributed by atoms with Gasteiger partial charge in [-0.2, -0.15) is 0 Å². The fourth-order valence-corrected chi connectivity index (χ4v) is 4.40. The fourth-order valence-electron chi connectivity index (χ4n) is 4.40. The molecule has 2 fully saturated rings. The molecule has 4 rings (SSSR count). The molecule has 1 saturated heterocycles. The zero-order chi connectivity index (χ0) is 19.7. The van der Waals surface area contributed by atoms with Gasteiger partial charge in [0.05, 0.1) is 5.39 Å². The maximum atomic E-state index is 12.4. The second-order valence-corrected chi connectivity index (χ2v) is 7.42. The zero-order valence-electron chi connectivity index (χ0n) is 16.0. The summed E-state index contributed by atoms with van der Waals surface area (Å²) >= 11 is 0. The van der Waals surface area contributed by atoms with Gasteiger partial charge in [-0.3, -0.25) is 10.3 Å². The van der Waals surface area contributed by atoms with Gasteiger partial charge in [-0.25, -0.2) is 19.8 Å². The number of carbonyl (C=O) groups is 1. The molecule has 1 aliphatic carbocycles. The quantitative estimate of drug-likeness (QED) is 0.533. The number of hydrogen-bond acceptors (Lipinski definition) is 5. The van der Waals surface area contributed by atoms with Gasteiger partial charge in [-0.15, -0.1) is 0 Å². The summed E-state index contributed by atoms with van der Waals surface area (Å²) in [5, 5.41) is 3.65. The summed E-state index contributed by atoms with van der Waals surface area (Å²) in [6.45, 7) is 1.47. The van der Waals surface area contributed by atoms with E-state index in [4.69, 9.17) is 5.73 Å². The summed E-state index contributed by atoms with van der Waals surface area (Å²) in [6.07, 6.45) is 6.86. The number of anilines is 1. The van der Waals surface area contributed by atoms with Crippen LogP contribution in [0.25, 0.3) is 11.0 Å². The summed E-state index contributed by atoms with van der Waals surface area (Å²) in [5.74, 6) is 1.98. The Balaban J connectivity index is 1.38. The minimum atomic E-state index is -0.199. The summed E-state index contributed by atoms with van der Waals surface area (Å²) in [6, 6.07) is 2.22. The van der Waals surface area contributed by atoms with Gasteiger partial charge < -0.3 is 20.5 Å². The molecule has 2 aliphatic rings. The van der Waals surface area contributed by atoms with Crippen molar-refractivity contribution in [2.24, 2.45) is 27.6 Å². The van der Waals surface area contributed by atoms with Crippen LogP contribution < -0.4 is 16.0 Å². The molecular formula is C18H25N9O. The Kier molecular flexibility index (Phi) is 4.84. The molecule has 10 nitrogen and oxygen atoms in total. The lowest BCUT2D eigenvalue weighted by molar-refractivity contribution is 0.209. The number of H-pyrrole nitrogens is 1. The van der Waals surface area contributed by atoms with Gasteiger partial charge >= 0.3 is 6.03 Å². The monoisotopic (exact) mass is 383 g/mol. The van der Waals surface area contributed by atoms with Crippen LogP contribution in [-0.2, 0) is 0 Å². The number of aliphatic imine (C=N–C) groups is 2.